The van der Waals surface area contributed by atoms with Crippen LogP contribution in [0.5, 0.6) is 0 Å². The van der Waals surface area contributed by atoms with Crippen molar-refractivity contribution in [2.45, 2.75) is 46.1 Å². The summed E-state index contributed by atoms with van der Waals surface area (Å²) in [6.45, 7) is 10.0. The average molecular weight is 528 g/mol. The number of piperidine rings is 1. The van der Waals surface area contributed by atoms with Crippen molar-refractivity contribution < 1.29 is 9.59 Å². The van der Waals surface area contributed by atoms with E-state index in [4.69, 9.17) is 0 Å². The van der Waals surface area contributed by atoms with E-state index in [9.17, 15) is 9.59 Å². The van der Waals surface area contributed by atoms with E-state index in [0.717, 1.165) is 56.7 Å². The fraction of sp³-hybridized carbons (Fsp3) is 0.406. The molecule has 1 fully saturated rings. The number of hydrogen-bond donors (Lipinski definition) is 2. The van der Waals surface area contributed by atoms with Crippen molar-refractivity contribution in [1.29, 1.82) is 0 Å². The van der Waals surface area contributed by atoms with Crippen molar-refractivity contribution in [1.82, 2.24) is 15.2 Å². The van der Waals surface area contributed by atoms with Gasteiger partial charge in [0.25, 0.3) is 0 Å². The van der Waals surface area contributed by atoms with E-state index in [1.807, 2.05) is 67.4 Å². The molecule has 0 aliphatic carbocycles. The highest BCUT2D eigenvalue weighted by Crippen LogP contribution is 2.25. The Hall–Kier alpha value is -3.71. The van der Waals surface area contributed by atoms with E-state index < -0.39 is 6.04 Å². The van der Waals surface area contributed by atoms with Crippen molar-refractivity contribution in [2.75, 3.05) is 42.9 Å². The number of pyridine rings is 1. The first kappa shape index (κ1) is 28.3. The third kappa shape index (κ3) is 7.67. The lowest BCUT2D eigenvalue weighted by molar-refractivity contribution is -0.135. The van der Waals surface area contributed by atoms with Gasteiger partial charge in [0.2, 0.25) is 11.8 Å². The van der Waals surface area contributed by atoms with E-state index in [2.05, 4.69) is 51.7 Å². The summed E-state index contributed by atoms with van der Waals surface area (Å²) in [5, 5.41) is 6.43. The first-order chi connectivity index (χ1) is 19.0. The van der Waals surface area contributed by atoms with Crippen LogP contribution in [-0.4, -0.2) is 54.4 Å². The molecule has 7 nitrogen and oxygen atoms in total. The van der Waals surface area contributed by atoms with Gasteiger partial charge in [-0.25, -0.2) is 4.98 Å². The van der Waals surface area contributed by atoms with Crippen molar-refractivity contribution >= 4 is 23.3 Å². The Morgan fingerprint density at radius 3 is 2.28 bits per heavy atom. The van der Waals surface area contributed by atoms with Gasteiger partial charge in [-0.1, -0.05) is 60.2 Å². The maximum atomic E-state index is 13.3. The monoisotopic (exact) mass is 527 g/mol. The Morgan fingerprint density at radius 1 is 0.974 bits per heavy atom. The van der Waals surface area contributed by atoms with Gasteiger partial charge < -0.3 is 20.4 Å². The van der Waals surface area contributed by atoms with Crippen LogP contribution in [0.4, 0.5) is 11.5 Å². The number of aryl methyl sites for hydroxylation is 1. The van der Waals surface area contributed by atoms with Crippen LogP contribution in [0, 0.1) is 12.8 Å². The number of rotatable bonds is 11. The molecular formula is C32H41N5O2. The summed E-state index contributed by atoms with van der Waals surface area (Å²) >= 11 is 0. The Morgan fingerprint density at radius 2 is 1.67 bits per heavy atom. The lowest BCUT2D eigenvalue weighted by Gasteiger charge is -2.34. The molecule has 2 N–H and O–H groups in total. The molecule has 1 aromatic heterocycles. The molecule has 1 aliphatic rings. The van der Waals surface area contributed by atoms with Crippen LogP contribution in [0.1, 0.15) is 49.4 Å². The molecule has 4 rings (SSSR count). The van der Waals surface area contributed by atoms with Crippen LogP contribution in [0.2, 0.25) is 0 Å². The molecule has 1 atom stereocenters. The lowest BCUT2D eigenvalue weighted by atomic mass is 9.95. The van der Waals surface area contributed by atoms with Crippen molar-refractivity contribution in [2.24, 2.45) is 5.92 Å². The van der Waals surface area contributed by atoms with Gasteiger partial charge >= 0.3 is 0 Å². The van der Waals surface area contributed by atoms with Crippen LogP contribution in [0.25, 0.3) is 0 Å². The number of aromatic nitrogens is 1. The number of nitrogens with one attached hydrogen (secondary N) is 2. The fourth-order valence-electron chi connectivity index (χ4n) is 5.15. The molecule has 0 unspecified atom stereocenters. The number of amides is 2. The summed E-state index contributed by atoms with van der Waals surface area (Å²) in [4.78, 5) is 34.8. The second kappa shape index (κ2) is 13.9. The zero-order chi connectivity index (χ0) is 27.6. The molecule has 206 valence electrons. The number of carbonyl (C=O) groups excluding carboxylic acids is 2. The van der Waals surface area contributed by atoms with Crippen molar-refractivity contribution in [3.8, 4) is 0 Å². The Labute approximate surface area is 232 Å². The minimum Gasteiger partial charge on any atom is -0.370 e. The predicted molar refractivity (Wildman–Crippen MR) is 158 cm³/mol. The maximum absolute atomic E-state index is 13.3. The smallest absolute Gasteiger partial charge is 0.247 e. The molecule has 0 radical (unpaired) electrons. The van der Waals surface area contributed by atoms with Crippen LogP contribution < -0.4 is 15.5 Å². The van der Waals surface area contributed by atoms with Crippen LogP contribution in [-0.2, 0) is 16.0 Å². The standard InChI is InChI=1S/C32H41N5O2/c1-4-36(5-2)32(39)27-18-21-37(22-19-27)28-15-16-29(34-23-28)35-31(38)30(26-9-7-6-8-10-26)33-20-17-25-13-11-24(3)12-14-25/h6-16,23,27,30,33H,4-5,17-22H2,1-3H3,(H,34,35,38)/t30-/m1/s1. The first-order valence-corrected chi connectivity index (χ1v) is 14.1. The predicted octanol–water partition coefficient (Wildman–Crippen LogP) is 4.99. The lowest BCUT2D eigenvalue weighted by Crippen LogP contribution is -2.42. The molecule has 1 aliphatic heterocycles. The van der Waals surface area contributed by atoms with Crippen molar-refractivity contribution in [3.63, 3.8) is 0 Å². The molecule has 7 heteroatoms. The largest absolute Gasteiger partial charge is 0.370 e. The number of hydrogen-bond acceptors (Lipinski definition) is 5. The maximum Gasteiger partial charge on any atom is 0.247 e. The molecule has 0 saturated carbocycles. The average Bonchev–Trinajstić information content (AvgIpc) is 2.98. The molecular weight excluding hydrogens is 486 g/mol. The number of benzene rings is 2. The summed E-state index contributed by atoms with van der Waals surface area (Å²) in [6, 6.07) is 21.6. The van der Waals surface area contributed by atoms with E-state index in [-0.39, 0.29) is 17.7 Å². The summed E-state index contributed by atoms with van der Waals surface area (Å²) in [7, 11) is 0. The van der Waals surface area contributed by atoms with Crippen LogP contribution >= 0.6 is 0 Å². The third-order valence-electron chi connectivity index (χ3n) is 7.56. The van der Waals surface area contributed by atoms with E-state index in [1.165, 1.54) is 11.1 Å². The molecule has 2 amide bonds. The Balaban J connectivity index is 1.34. The SMILES string of the molecule is CCN(CC)C(=O)C1CCN(c2ccc(NC(=O)[C@H](NCCc3ccc(C)cc3)c3ccccc3)nc2)CC1. The Kier molecular flexibility index (Phi) is 10.1. The molecule has 2 aromatic carbocycles. The van der Waals surface area contributed by atoms with Gasteiger partial charge in [0.05, 0.1) is 11.9 Å². The van der Waals surface area contributed by atoms with Gasteiger partial charge in [-0.2, -0.15) is 0 Å². The molecule has 0 spiro atoms. The molecule has 3 aromatic rings. The quantitative estimate of drug-likeness (QED) is 0.368. The molecule has 1 saturated heterocycles. The topological polar surface area (TPSA) is 77.6 Å². The minimum absolute atomic E-state index is 0.0982. The van der Waals surface area contributed by atoms with Gasteiger partial charge in [-0.05, 0) is 63.3 Å². The highest BCUT2D eigenvalue weighted by molar-refractivity contribution is 5.94. The fourth-order valence-corrected chi connectivity index (χ4v) is 5.15. The normalized spacial score (nSPS) is 14.6. The summed E-state index contributed by atoms with van der Waals surface area (Å²) in [5.74, 6) is 0.759. The van der Waals surface area contributed by atoms with Gasteiger partial charge in [0.15, 0.2) is 0 Å². The highest BCUT2D eigenvalue weighted by atomic mass is 16.2. The van der Waals surface area contributed by atoms with E-state index in [0.29, 0.717) is 12.4 Å². The molecule has 0 bridgehead atoms. The zero-order valence-corrected chi connectivity index (χ0v) is 23.4. The number of anilines is 2. The molecule has 2 heterocycles. The first-order valence-electron chi connectivity index (χ1n) is 14.1. The third-order valence-corrected chi connectivity index (χ3v) is 7.56. The zero-order valence-electron chi connectivity index (χ0n) is 23.4. The van der Waals surface area contributed by atoms with E-state index in [1.54, 1.807) is 0 Å². The van der Waals surface area contributed by atoms with Gasteiger partial charge in [0, 0.05) is 38.6 Å². The highest BCUT2D eigenvalue weighted by Gasteiger charge is 2.28. The van der Waals surface area contributed by atoms with Gasteiger partial charge in [-0.3, -0.25) is 9.59 Å². The van der Waals surface area contributed by atoms with Crippen LogP contribution in [0.3, 0.4) is 0 Å². The number of carbonyl (C=O) groups is 2. The van der Waals surface area contributed by atoms with Gasteiger partial charge in [-0.15, -0.1) is 0 Å². The van der Waals surface area contributed by atoms with Crippen molar-refractivity contribution in [3.05, 3.63) is 89.6 Å². The second-order valence-corrected chi connectivity index (χ2v) is 10.2. The van der Waals surface area contributed by atoms with E-state index >= 15 is 0 Å². The summed E-state index contributed by atoms with van der Waals surface area (Å²) in [6.07, 6.45) is 4.34. The molecule has 39 heavy (non-hydrogen) atoms. The summed E-state index contributed by atoms with van der Waals surface area (Å²) in [5.41, 5.74) is 4.40. The summed E-state index contributed by atoms with van der Waals surface area (Å²) < 4.78 is 0. The Bertz CT molecular complexity index is 1190. The van der Waals surface area contributed by atoms with Gasteiger partial charge in [0.1, 0.15) is 11.9 Å². The number of nitrogens with zero attached hydrogens (tertiary/aromatic N) is 3. The van der Waals surface area contributed by atoms with Crippen LogP contribution in [0.15, 0.2) is 72.9 Å². The minimum atomic E-state index is -0.486. The second-order valence-electron chi connectivity index (χ2n) is 10.2.